The van der Waals surface area contributed by atoms with E-state index in [1.807, 2.05) is 6.92 Å². The van der Waals surface area contributed by atoms with Gasteiger partial charge in [-0.25, -0.2) is 5.01 Å². The summed E-state index contributed by atoms with van der Waals surface area (Å²) in [5.74, 6) is 0.134. The molecule has 1 heterocycles. The Labute approximate surface area is 139 Å². The monoisotopic (exact) mass is 344 g/mol. The quantitative estimate of drug-likeness (QED) is 0.797. The molecule has 4 nitrogen and oxygen atoms in total. The molecule has 0 bridgehead atoms. The van der Waals surface area contributed by atoms with Crippen LogP contribution in [-0.4, -0.2) is 30.2 Å². The summed E-state index contributed by atoms with van der Waals surface area (Å²) in [7, 11) is 0. The Hall–Kier alpha value is -1.76. The van der Waals surface area contributed by atoms with Crippen LogP contribution in [0, 0.1) is 5.41 Å². The van der Waals surface area contributed by atoms with Crippen molar-refractivity contribution in [3.8, 4) is 5.75 Å². The van der Waals surface area contributed by atoms with Crippen LogP contribution in [0.5, 0.6) is 5.75 Å². The zero-order valence-corrected chi connectivity index (χ0v) is 14.1. The predicted octanol–water partition coefficient (Wildman–Crippen LogP) is 3.84. The molecular formula is C17H23F3N2O2. The molecule has 1 aromatic rings. The number of halogens is 3. The largest absolute Gasteiger partial charge is 0.494 e. The van der Waals surface area contributed by atoms with Gasteiger partial charge in [0.25, 0.3) is 0 Å². The zero-order valence-electron chi connectivity index (χ0n) is 14.1. The molecule has 1 saturated heterocycles. The molecule has 0 saturated carbocycles. The van der Waals surface area contributed by atoms with E-state index in [-0.39, 0.29) is 12.1 Å². The minimum absolute atomic E-state index is 0.00917. The van der Waals surface area contributed by atoms with Crippen molar-refractivity contribution in [3.05, 3.63) is 29.8 Å². The summed E-state index contributed by atoms with van der Waals surface area (Å²) in [5, 5.41) is 0.968. The number of benzene rings is 1. The van der Waals surface area contributed by atoms with Gasteiger partial charge in [-0.1, -0.05) is 25.5 Å². The highest BCUT2D eigenvalue weighted by Gasteiger charge is 2.51. The summed E-state index contributed by atoms with van der Waals surface area (Å²) >= 11 is 0. The van der Waals surface area contributed by atoms with Crippen molar-refractivity contribution in [1.29, 1.82) is 0 Å². The van der Waals surface area contributed by atoms with Crippen LogP contribution in [0.2, 0.25) is 0 Å². The first-order valence-corrected chi connectivity index (χ1v) is 8.02. The molecule has 1 amide bonds. The molecular weight excluding hydrogens is 321 g/mol. The molecule has 24 heavy (non-hydrogen) atoms. The molecule has 0 spiro atoms. The number of unbranched alkanes of at least 4 members (excludes halogenated alkanes) is 1. The summed E-state index contributed by atoms with van der Waals surface area (Å²) in [5.41, 5.74) is 1.57. The van der Waals surface area contributed by atoms with Crippen LogP contribution in [0.15, 0.2) is 24.3 Å². The molecule has 0 unspecified atom stereocenters. The first-order valence-electron chi connectivity index (χ1n) is 8.02. The van der Waals surface area contributed by atoms with Crippen molar-refractivity contribution < 1.29 is 22.7 Å². The summed E-state index contributed by atoms with van der Waals surface area (Å²) in [6, 6.07) is 3.99. The Morgan fingerprint density at radius 2 is 1.92 bits per heavy atom. The standard InChI is InChI=1S/C17H23F3N2O2/c1-4-5-10-24-13-8-6-12(7-9-13)14(17(18,19)20)22-11-16(2,3)15(23)21-22/h6-9,14H,4-5,10-11H2,1-3H3,(H,21,23)/t14-/m0/s1. The average molecular weight is 344 g/mol. The van der Waals surface area contributed by atoms with E-state index < -0.39 is 23.5 Å². The third-order valence-corrected chi connectivity index (χ3v) is 4.01. The minimum Gasteiger partial charge on any atom is -0.494 e. The number of amides is 1. The number of nitrogens with one attached hydrogen (secondary N) is 1. The number of hydrogen-bond donors (Lipinski definition) is 1. The minimum atomic E-state index is -4.50. The maximum absolute atomic E-state index is 13.6. The number of carbonyl (C=O) groups is 1. The smallest absolute Gasteiger partial charge is 0.409 e. The Morgan fingerprint density at radius 3 is 2.38 bits per heavy atom. The van der Waals surface area contributed by atoms with Crippen molar-refractivity contribution in [2.75, 3.05) is 13.2 Å². The van der Waals surface area contributed by atoms with E-state index in [0.717, 1.165) is 17.9 Å². The van der Waals surface area contributed by atoms with E-state index in [2.05, 4.69) is 5.43 Å². The van der Waals surface area contributed by atoms with Gasteiger partial charge in [-0.2, -0.15) is 13.2 Å². The molecule has 7 heteroatoms. The highest BCUT2D eigenvalue weighted by molar-refractivity contribution is 5.83. The van der Waals surface area contributed by atoms with E-state index in [4.69, 9.17) is 4.74 Å². The van der Waals surface area contributed by atoms with Crippen LogP contribution in [0.3, 0.4) is 0 Å². The Kier molecular flexibility index (Phi) is 5.42. The van der Waals surface area contributed by atoms with Gasteiger partial charge in [0.1, 0.15) is 11.8 Å². The highest BCUT2D eigenvalue weighted by atomic mass is 19.4. The van der Waals surface area contributed by atoms with E-state index in [9.17, 15) is 18.0 Å². The number of carbonyl (C=O) groups excluding carboxylic acids is 1. The van der Waals surface area contributed by atoms with E-state index in [1.54, 1.807) is 13.8 Å². The maximum atomic E-state index is 13.6. The lowest BCUT2D eigenvalue weighted by Gasteiger charge is -2.29. The van der Waals surface area contributed by atoms with Crippen LogP contribution in [0.25, 0.3) is 0 Å². The first-order chi connectivity index (χ1) is 11.1. The lowest BCUT2D eigenvalue weighted by molar-refractivity contribution is -0.191. The normalized spacial score (nSPS) is 19.2. The van der Waals surface area contributed by atoms with Crippen molar-refractivity contribution in [2.45, 2.75) is 45.8 Å². The Balaban J connectivity index is 2.19. The van der Waals surface area contributed by atoms with Crippen molar-refractivity contribution in [2.24, 2.45) is 5.41 Å². The SMILES string of the molecule is CCCCOc1ccc([C@H](N2CC(C)(C)C(=O)N2)C(F)(F)F)cc1. The molecule has 134 valence electrons. The van der Waals surface area contributed by atoms with E-state index in [1.165, 1.54) is 24.3 Å². The summed E-state index contributed by atoms with van der Waals surface area (Å²) in [6.45, 7) is 5.81. The van der Waals surface area contributed by atoms with Gasteiger partial charge in [0.2, 0.25) is 5.91 Å². The summed E-state index contributed by atoms with van der Waals surface area (Å²) in [4.78, 5) is 11.8. The molecule has 0 aliphatic carbocycles. The van der Waals surface area contributed by atoms with Gasteiger partial charge in [-0.15, -0.1) is 0 Å². The molecule has 1 aromatic carbocycles. The van der Waals surface area contributed by atoms with Gasteiger partial charge in [-0.3, -0.25) is 10.2 Å². The molecule has 2 rings (SSSR count). The number of rotatable bonds is 6. The Morgan fingerprint density at radius 1 is 1.29 bits per heavy atom. The fraction of sp³-hybridized carbons (Fsp3) is 0.588. The van der Waals surface area contributed by atoms with Crippen LogP contribution in [0.1, 0.15) is 45.2 Å². The van der Waals surface area contributed by atoms with Gasteiger partial charge in [0.15, 0.2) is 0 Å². The number of hydrogen-bond acceptors (Lipinski definition) is 3. The van der Waals surface area contributed by atoms with Crippen LogP contribution in [0.4, 0.5) is 13.2 Å². The lowest BCUT2D eigenvalue weighted by atomic mass is 9.93. The predicted molar refractivity (Wildman–Crippen MR) is 84.3 cm³/mol. The van der Waals surface area contributed by atoms with Crippen molar-refractivity contribution in [1.82, 2.24) is 10.4 Å². The molecule has 1 atom stereocenters. The second-order valence-corrected chi connectivity index (χ2v) is 6.67. The number of nitrogens with zero attached hydrogens (tertiary/aromatic N) is 1. The summed E-state index contributed by atoms with van der Waals surface area (Å²) < 4.78 is 46.2. The van der Waals surface area contributed by atoms with Crippen LogP contribution in [-0.2, 0) is 4.79 Å². The van der Waals surface area contributed by atoms with E-state index in [0.29, 0.717) is 12.4 Å². The molecule has 0 radical (unpaired) electrons. The second-order valence-electron chi connectivity index (χ2n) is 6.67. The Bertz CT molecular complexity index is 570. The van der Waals surface area contributed by atoms with Gasteiger partial charge in [0.05, 0.1) is 12.0 Å². The average Bonchev–Trinajstić information content (AvgIpc) is 2.73. The van der Waals surface area contributed by atoms with Gasteiger partial charge >= 0.3 is 6.18 Å². The van der Waals surface area contributed by atoms with Gasteiger partial charge in [-0.05, 0) is 38.0 Å². The van der Waals surface area contributed by atoms with Crippen molar-refractivity contribution in [3.63, 3.8) is 0 Å². The molecule has 1 aliphatic rings. The lowest BCUT2D eigenvalue weighted by Crippen LogP contribution is -2.43. The first kappa shape index (κ1) is 18.6. The van der Waals surface area contributed by atoms with E-state index >= 15 is 0 Å². The van der Waals surface area contributed by atoms with Gasteiger partial charge < -0.3 is 4.74 Å². The zero-order chi connectivity index (χ0) is 18.0. The molecule has 1 fully saturated rings. The summed E-state index contributed by atoms with van der Waals surface area (Å²) in [6.07, 6.45) is -2.63. The second kappa shape index (κ2) is 7.01. The topological polar surface area (TPSA) is 41.6 Å². The highest BCUT2D eigenvalue weighted by Crippen LogP contribution is 2.40. The van der Waals surface area contributed by atoms with Crippen LogP contribution < -0.4 is 10.2 Å². The maximum Gasteiger partial charge on any atom is 0.409 e. The van der Waals surface area contributed by atoms with Crippen molar-refractivity contribution >= 4 is 5.91 Å². The fourth-order valence-electron chi connectivity index (χ4n) is 2.60. The fourth-order valence-corrected chi connectivity index (χ4v) is 2.60. The molecule has 1 N–H and O–H groups in total. The van der Waals surface area contributed by atoms with Crippen LogP contribution >= 0.6 is 0 Å². The molecule has 1 aliphatic heterocycles. The third-order valence-electron chi connectivity index (χ3n) is 4.01. The molecule has 0 aromatic heterocycles. The number of hydrazine groups is 1. The third kappa shape index (κ3) is 4.20. The van der Waals surface area contributed by atoms with Gasteiger partial charge in [0, 0.05) is 6.54 Å². The number of ether oxygens (including phenoxy) is 1. The number of alkyl halides is 3.